The van der Waals surface area contributed by atoms with Crippen molar-refractivity contribution in [2.75, 3.05) is 19.0 Å². The van der Waals surface area contributed by atoms with Gasteiger partial charge < -0.3 is 23.6 Å². The molecule has 0 saturated carbocycles. The average molecular weight is 498 g/mol. The molecule has 0 aliphatic carbocycles. The number of amides is 1. The topological polar surface area (TPSA) is 94.8 Å². The van der Waals surface area contributed by atoms with Crippen LogP contribution in [-0.2, 0) is 11.3 Å². The Morgan fingerprint density at radius 1 is 1.00 bits per heavy atom. The zero-order chi connectivity index (χ0) is 25.6. The normalized spacial score (nSPS) is 11.3. The molecule has 186 valence electrons. The number of hydrogen-bond acceptors (Lipinski definition) is 6. The molecular weight excluding hydrogens is 472 g/mol. The Bertz CT molecular complexity index is 1620. The van der Waals surface area contributed by atoms with Crippen molar-refractivity contribution < 1.29 is 27.7 Å². The molecule has 5 rings (SSSR count). The molecular formula is C29H25N2O6+. The first-order valence-electron chi connectivity index (χ1n) is 11.8. The van der Waals surface area contributed by atoms with Gasteiger partial charge in [-0.25, -0.2) is 9.36 Å². The molecule has 3 heterocycles. The quantitative estimate of drug-likeness (QED) is 0.134. The minimum Gasteiger partial charge on any atom is -0.497 e. The van der Waals surface area contributed by atoms with Crippen LogP contribution in [-0.4, -0.2) is 19.6 Å². The molecule has 5 aromatic rings. The summed E-state index contributed by atoms with van der Waals surface area (Å²) in [7, 11) is 1.61. The molecule has 0 unspecified atom stereocenters. The minimum absolute atomic E-state index is 0.215. The molecule has 0 radical (unpaired) electrons. The van der Waals surface area contributed by atoms with Crippen LogP contribution in [0.15, 0.2) is 99.0 Å². The van der Waals surface area contributed by atoms with Crippen LogP contribution in [0.4, 0.5) is 5.69 Å². The largest absolute Gasteiger partial charge is 0.497 e. The van der Waals surface area contributed by atoms with E-state index in [1.807, 2.05) is 65.5 Å². The summed E-state index contributed by atoms with van der Waals surface area (Å²) in [5.74, 6) is 0.983. The number of carbonyl (C=O) groups is 1. The van der Waals surface area contributed by atoms with Crippen molar-refractivity contribution in [3.63, 3.8) is 0 Å². The summed E-state index contributed by atoms with van der Waals surface area (Å²) >= 11 is 0. The van der Waals surface area contributed by atoms with E-state index in [2.05, 4.69) is 5.32 Å². The lowest BCUT2D eigenvalue weighted by Gasteiger charge is -2.08. The Hall–Kier alpha value is -4.85. The first-order chi connectivity index (χ1) is 18.1. The zero-order valence-corrected chi connectivity index (χ0v) is 20.2. The standard InChI is InChI=1S/C29H24N2O6/c1-34-24-7-3-20(4-8-24)5-9-25(32)30-23-11-15-31(16-12-23)14-2-17-35-29-27-22(13-18-36-27)19-21-6-10-26(33)37-28(21)29/h3-13,15-16,18-19H,2,14,17H2,1H3/p+1/b9-5+. The second kappa shape index (κ2) is 10.8. The summed E-state index contributed by atoms with van der Waals surface area (Å²) in [6, 6.07) is 18.0. The van der Waals surface area contributed by atoms with E-state index in [1.54, 1.807) is 25.5 Å². The van der Waals surface area contributed by atoms with Gasteiger partial charge in [0.05, 0.1) is 25.7 Å². The van der Waals surface area contributed by atoms with Gasteiger partial charge in [0.15, 0.2) is 30.1 Å². The molecule has 8 heteroatoms. The Morgan fingerprint density at radius 2 is 1.78 bits per heavy atom. The number of ether oxygens (including phenoxy) is 2. The van der Waals surface area contributed by atoms with Gasteiger partial charge in [-0.2, -0.15) is 0 Å². The van der Waals surface area contributed by atoms with E-state index >= 15 is 0 Å². The molecule has 1 N–H and O–H groups in total. The summed E-state index contributed by atoms with van der Waals surface area (Å²) < 4.78 is 24.1. The van der Waals surface area contributed by atoms with Gasteiger partial charge >= 0.3 is 5.63 Å². The molecule has 1 amide bonds. The van der Waals surface area contributed by atoms with E-state index in [0.29, 0.717) is 42.2 Å². The number of nitrogens with one attached hydrogen (secondary N) is 1. The molecule has 0 fully saturated rings. The molecule has 0 aliphatic heterocycles. The number of aryl methyl sites for hydroxylation is 1. The van der Waals surface area contributed by atoms with Crippen molar-refractivity contribution in [3.05, 3.63) is 101 Å². The third kappa shape index (κ3) is 5.70. The number of anilines is 1. The number of fused-ring (bicyclic) bond motifs is 2. The van der Waals surface area contributed by atoms with Crippen molar-refractivity contribution in [2.24, 2.45) is 0 Å². The maximum absolute atomic E-state index is 12.2. The van der Waals surface area contributed by atoms with Crippen LogP contribution in [0.2, 0.25) is 0 Å². The monoisotopic (exact) mass is 497 g/mol. The lowest BCUT2D eigenvalue weighted by Crippen LogP contribution is -2.33. The minimum atomic E-state index is -0.442. The van der Waals surface area contributed by atoms with E-state index in [4.69, 9.17) is 18.3 Å². The number of pyridine rings is 1. The number of aromatic nitrogens is 1. The van der Waals surface area contributed by atoms with Gasteiger partial charge in [-0.05, 0) is 42.0 Å². The smallest absolute Gasteiger partial charge is 0.336 e. The van der Waals surface area contributed by atoms with Gasteiger partial charge in [0, 0.05) is 41.5 Å². The lowest BCUT2D eigenvalue weighted by molar-refractivity contribution is -0.697. The highest BCUT2D eigenvalue weighted by Gasteiger charge is 2.15. The van der Waals surface area contributed by atoms with Crippen molar-refractivity contribution in [2.45, 2.75) is 13.0 Å². The van der Waals surface area contributed by atoms with Gasteiger partial charge in [0.2, 0.25) is 11.7 Å². The molecule has 0 aliphatic rings. The predicted octanol–water partition coefficient (Wildman–Crippen LogP) is 4.96. The second-order valence-electron chi connectivity index (χ2n) is 8.34. The van der Waals surface area contributed by atoms with Crippen LogP contribution in [0.5, 0.6) is 11.5 Å². The highest BCUT2D eigenvalue weighted by atomic mass is 16.5. The van der Waals surface area contributed by atoms with Crippen LogP contribution in [0.3, 0.4) is 0 Å². The average Bonchev–Trinajstić information content (AvgIpc) is 3.39. The Balaban J connectivity index is 1.15. The number of furan rings is 1. The number of methoxy groups -OCH3 is 1. The lowest BCUT2D eigenvalue weighted by atomic mass is 10.1. The first kappa shape index (κ1) is 23.9. The molecule has 0 bridgehead atoms. The third-order valence-corrected chi connectivity index (χ3v) is 5.79. The number of benzene rings is 2. The molecule has 8 nitrogen and oxygen atoms in total. The van der Waals surface area contributed by atoms with Crippen LogP contribution in [0.1, 0.15) is 12.0 Å². The first-order valence-corrected chi connectivity index (χ1v) is 11.8. The van der Waals surface area contributed by atoms with E-state index in [0.717, 1.165) is 22.1 Å². The third-order valence-electron chi connectivity index (χ3n) is 5.79. The molecule has 0 saturated heterocycles. The van der Waals surface area contributed by atoms with Gasteiger partial charge in [0.1, 0.15) is 5.75 Å². The summed E-state index contributed by atoms with van der Waals surface area (Å²) in [6.07, 6.45) is 9.31. The summed E-state index contributed by atoms with van der Waals surface area (Å²) in [5, 5.41) is 4.50. The van der Waals surface area contributed by atoms with Crippen LogP contribution >= 0.6 is 0 Å². The van der Waals surface area contributed by atoms with Crippen molar-refractivity contribution in [1.82, 2.24) is 0 Å². The Labute approximate surface area is 212 Å². The maximum atomic E-state index is 12.2. The molecule has 2 aromatic carbocycles. The summed E-state index contributed by atoms with van der Waals surface area (Å²) in [5.41, 5.74) is 2.09. The van der Waals surface area contributed by atoms with Gasteiger partial charge in [-0.3, -0.25) is 4.79 Å². The van der Waals surface area contributed by atoms with Crippen LogP contribution in [0.25, 0.3) is 28.0 Å². The fraction of sp³-hybridized carbons (Fsp3) is 0.138. The number of hydrogen-bond donors (Lipinski definition) is 1. The zero-order valence-electron chi connectivity index (χ0n) is 20.2. The number of rotatable bonds is 9. The maximum Gasteiger partial charge on any atom is 0.336 e. The molecule has 0 atom stereocenters. The van der Waals surface area contributed by atoms with Crippen molar-refractivity contribution in [1.29, 1.82) is 0 Å². The number of carbonyl (C=O) groups excluding carboxylic acids is 1. The summed E-state index contributed by atoms with van der Waals surface area (Å²) in [4.78, 5) is 24.0. The van der Waals surface area contributed by atoms with Crippen molar-refractivity contribution in [3.8, 4) is 11.5 Å². The highest BCUT2D eigenvalue weighted by molar-refractivity contribution is 6.02. The van der Waals surface area contributed by atoms with Gasteiger partial charge in [0.25, 0.3) is 0 Å². The fourth-order valence-electron chi connectivity index (χ4n) is 3.92. The van der Waals surface area contributed by atoms with Gasteiger partial charge in [-0.15, -0.1) is 0 Å². The van der Waals surface area contributed by atoms with Crippen LogP contribution < -0.4 is 25.0 Å². The van der Waals surface area contributed by atoms with Crippen molar-refractivity contribution >= 4 is 39.6 Å². The highest BCUT2D eigenvalue weighted by Crippen LogP contribution is 2.35. The molecule has 37 heavy (non-hydrogen) atoms. The fourth-order valence-corrected chi connectivity index (χ4v) is 3.92. The molecule has 3 aromatic heterocycles. The second-order valence-corrected chi connectivity index (χ2v) is 8.34. The number of nitrogens with zero attached hydrogens (tertiary/aromatic N) is 1. The molecule has 0 spiro atoms. The van der Waals surface area contributed by atoms with Crippen LogP contribution in [0, 0.1) is 0 Å². The Kier molecular flexibility index (Phi) is 6.98. The predicted molar refractivity (Wildman–Crippen MR) is 140 cm³/mol. The van der Waals surface area contributed by atoms with E-state index in [9.17, 15) is 9.59 Å². The summed E-state index contributed by atoms with van der Waals surface area (Å²) in [6.45, 7) is 1.09. The van der Waals surface area contributed by atoms with E-state index in [-0.39, 0.29) is 5.91 Å². The SMILES string of the molecule is COc1ccc(/C=C/C(=O)Nc2cc[n+](CCCOc3c4occc4cc4ccc(=O)oc34)cc2)cc1. The van der Waals surface area contributed by atoms with E-state index < -0.39 is 5.63 Å². The van der Waals surface area contributed by atoms with E-state index in [1.165, 1.54) is 12.1 Å². The Morgan fingerprint density at radius 3 is 2.57 bits per heavy atom. The van der Waals surface area contributed by atoms with Gasteiger partial charge in [-0.1, -0.05) is 12.1 Å².